The van der Waals surface area contributed by atoms with Gasteiger partial charge in [-0.05, 0) is 55.0 Å². The van der Waals surface area contributed by atoms with Crippen LogP contribution in [-0.2, 0) is 30.5 Å². The number of rotatable bonds is 12. The van der Waals surface area contributed by atoms with Crippen molar-refractivity contribution in [2.45, 2.75) is 38.5 Å². The van der Waals surface area contributed by atoms with E-state index in [1.807, 2.05) is 42.5 Å². The van der Waals surface area contributed by atoms with E-state index in [9.17, 15) is 9.59 Å². The van der Waals surface area contributed by atoms with Gasteiger partial charge < -0.3 is 10.6 Å². The maximum Gasteiger partial charge on any atom is 0.282 e. The number of aromatic nitrogens is 5. The van der Waals surface area contributed by atoms with Gasteiger partial charge in [-0.15, -0.1) is 15.3 Å². The number of unbranched alkanes of at least 4 members (excludes halogenated alkanes) is 1. The minimum Gasteiger partial charge on any atom is -0.350 e. The molecule has 0 radical (unpaired) electrons. The molecule has 0 aliphatic rings. The molecule has 10 heteroatoms. The molecule has 2 N–H and O–H groups in total. The zero-order chi connectivity index (χ0) is 25.0. The second kappa shape index (κ2) is 13.1. The van der Waals surface area contributed by atoms with Crippen molar-refractivity contribution >= 4 is 29.0 Å². The number of anilines is 1. The van der Waals surface area contributed by atoms with Crippen molar-refractivity contribution in [1.82, 2.24) is 30.7 Å². The van der Waals surface area contributed by atoms with Crippen molar-refractivity contribution in [2.24, 2.45) is 0 Å². The fourth-order valence-electron chi connectivity index (χ4n) is 3.50. The molecule has 0 bridgehead atoms. The van der Waals surface area contributed by atoms with E-state index in [2.05, 4.69) is 36.0 Å². The molecule has 3 aromatic heterocycles. The van der Waals surface area contributed by atoms with Crippen LogP contribution in [0.15, 0.2) is 67.0 Å². The van der Waals surface area contributed by atoms with Gasteiger partial charge in [0.15, 0.2) is 5.82 Å². The van der Waals surface area contributed by atoms with Gasteiger partial charge in [-0.2, -0.15) is 5.10 Å². The first-order chi connectivity index (χ1) is 17.7. The summed E-state index contributed by atoms with van der Waals surface area (Å²) >= 11 is 1.34. The molecule has 0 atom stereocenters. The summed E-state index contributed by atoms with van der Waals surface area (Å²) in [5, 5.41) is 23.4. The number of hydrogen-bond acceptors (Lipinski definition) is 8. The molecule has 2 amide bonds. The number of carbonyl (C=O) groups is 2. The molecule has 0 aliphatic heterocycles. The van der Waals surface area contributed by atoms with E-state index >= 15 is 0 Å². The first kappa shape index (κ1) is 25.1. The zero-order valence-corrected chi connectivity index (χ0v) is 20.6. The molecule has 184 valence electrons. The van der Waals surface area contributed by atoms with Gasteiger partial charge in [0.1, 0.15) is 5.01 Å². The largest absolute Gasteiger partial charge is 0.350 e. The minimum absolute atomic E-state index is 0.161. The molecule has 36 heavy (non-hydrogen) atoms. The van der Waals surface area contributed by atoms with E-state index in [1.165, 1.54) is 16.9 Å². The van der Waals surface area contributed by atoms with E-state index in [-0.39, 0.29) is 18.2 Å². The number of amides is 2. The number of aryl methyl sites for hydroxylation is 2. The Morgan fingerprint density at radius 3 is 2.42 bits per heavy atom. The van der Waals surface area contributed by atoms with E-state index < -0.39 is 0 Å². The van der Waals surface area contributed by atoms with Gasteiger partial charge in [0.2, 0.25) is 10.9 Å². The minimum atomic E-state index is -0.183. The number of nitrogens with one attached hydrogen (secondary N) is 2. The number of hydrogen-bond donors (Lipinski definition) is 2. The molecule has 0 fully saturated rings. The average Bonchev–Trinajstić information content (AvgIpc) is 3.38. The van der Waals surface area contributed by atoms with E-state index in [4.69, 9.17) is 0 Å². The summed E-state index contributed by atoms with van der Waals surface area (Å²) in [6.45, 7) is 0.561. The third kappa shape index (κ3) is 8.02. The summed E-state index contributed by atoms with van der Waals surface area (Å²) in [6.07, 6.45) is 7.67. The zero-order valence-electron chi connectivity index (χ0n) is 19.8. The maximum absolute atomic E-state index is 12.3. The second-order valence-electron chi connectivity index (χ2n) is 8.20. The molecular weight excluding hydrogens is 474 g/mol. The number of pyridine rings is 1. The van der Waals surface area contributed by atoms with Gasteiger partial charge in [-0.3, -0.25) is 14.6 Å². The Balaban J connectivity index is 1.13. The topological polar surface area (TPSA) is 123 Å². The van der Waals surface area contributed by atoms with Crippen LogP contribution in [0.25, 0.3) is 0 Å². The molecular formula is C26H27N7O2S. The summed E-state index contributed by atoms with van der Waals surface area (Å²) in [5.74, 6) is 0.0833. The molecule has 0 saturated heterocycles. The Morgan fingerprint density at radius 2 is 1.64 bits per heavy atom. The molecule has 0 aliphatic carbocycles. The SMILES string of the molecule is O=C(Cc1cccnc1)Nc1ccc(CCCCc2nnc(C(=O)NCCc3ccccc3)s2)nn1. The molecule has 0 saturated carbocycles. The Bertz CT molecular complexity index is 1250. The summed E-state index contributed by atoms with van der Waals surface area (Å²) in [7, 11) is 0. The normalized spacial score (nSPS) is 10.7. The van der Waals surface area contributed by atoms with Crippen molar-refractivity contribution in [1.29, 1.82) is 0 Å². The first-order valence-electron chi connectivity index (χ1n) is 11.8. The van der Waals surface area contributed by atoms with Crippen molar-refractivity contribution in [2.75, 3.05) is 11.9 Å². The van der Waals surface area contributed by atoms with Crippen molar-refractivity contribution in [3.05, 3.63) is 93.8 Å². The summed E-state index contributed by atoms with van der Waals surface area (Å²) in [4.78, 5) is 28.4. The van der Waals surface area contributed by atoms with E-state index in [0.717, 1.165) is 48.4 Å². The van der Waals surface area contributed by atoms with E-state index in [1.54, 1.807) is 24.5 Å². The predicted molar refractivity (Wildman–Crippen MR) is 138 cm³/mol. The fourth-order valence-corrected chi connectivity index (χ4v) is 4.30. The number of benzene rings is 1. The van der Waals surface area contributed by atoms with Crippen LogP contribution in [-0.4, -0.2) is 43.7 Å². The van der Waals surface area contributed by atoms with Crippen molar-refractivity contribution in [3.63, 3.8) is 0 Å². The lowest BCUT2D eigenvalue weighted by molar-refractivity contribution is -0.115. The summed E-state index contributed by atoms with van der Waals surface area (Å²) in [6, 6.07) is 17.3. The fraction of sp³-hybridized carbons (Fsp3) is 0.269. The van der Waals surface area contributed by atoms with Crippen LogP contribution < -0.4 is 10.6 Å². The summed E-state index contributed by atoms with van der Waals surface area (Å²) in [5.41, 5.74) is 2.88. The third-order valence-electron chi connectivity index (χ3n) is 5.35. The molecule has 0 unspecified atom stereocenters. The monoisotopic (exact) mass is 501 g/mol. The Morgan fingerprint density at radius 1 is 0.806 bits per heavy atom. The van der Waals surface area contributed by atoms with Crippen molar-refractivity contribution < 1.29 is 9.59 Å². The van der Waals surface area contributed by atoms with Crippen LogP contribution in [0.5, 0.6) is 0 Å². The lowest BCUT2D eigenvalue weighted by Crippen LogP contribution is -2.25. The Hall–Kier alpha value is -4.05. The van der Waals surface area contributed by atoms with Crippen LogP contribution in [0.1, 0.15) is 44.5 Å². The average molecular weight is 502 g/mol. The van der Waals surface area contributed by atoms with Gasteiger partial charge in [-0.25, -0.2) is 0 Å². The van der Waals surface area contributed by atoms with E-state index in [0.29, 0.717) is 17.4 Å². The molecule has 3 heterocycles. The molecule has 0 spiro atoms. The van der Waals surface area contributed by atoms with Crippen LogP contribution in [0, 0.1) is 0 Å². The molecule has 1 aromatic carbocycles. The van der Waals surface area contributed by atoms with Gasteiger partial charge in [0, 0.05) is 25.4 Å². The van der Waals surface area contributed by atoms with Gasteiger partial charge in [0.25, 0.3) is 5.91 Å². The number of nitrogens with zero attached hydrogens (tertiary/aromatic N) is 5. The van der Waals surface area contributed by atoms with Gasteiger partial charge in [-0.1, -0.05) is 47.7 Å². The first-order valence-corrected chi connectivity index (χ1v) is 12.6. The third-order valence-corrected chi connectivity index (χ3v) is 6.33. The van der Waals surface area contributed by atoms with Crippen molar-refractivity contribution in [3.8, 4) is 0 Å². The highest BCUT2D eigenvalue weighted by atomic mass is 32.1. The molecule has 4 aromatic rings. The van der Waals surface area contributed by atoms with Crippen LogP contribution in [0.3, 0.4) is 0 Å². The highest BCUT2D eigenvalue weighted by molar-refractivity contribution is 7.13. The smallest absolute Gasteiger partial charge is 0.282 e. The highest BCUT2D eigenvalue weighted by Crippen LogP contribution is 2.14. The van der Waals surface area contributed by atoms with Crippen LogP contribution in [0.2, 0.25) is 0 Å². The quantitative estimate of drug-likeness (QED) is 0.285. The van der Waals surface area contributed by atoms with Crippen LogP contribution >= 0.6 is 11.3 Å². The Kier molecular flexibility index (Phi) is 9.15. The standard InChI is InChI=1S/C26H27N7O2S/c34-23(17-20-9-6-15-27-18-20)29-22-13-12-21(30-31-22)10-4-5-11-24-32-33-26(36-24)25(35)28-16-14-19-7-2-1-3-8-19/h1-3,6-9,12-13,15,18H,4-5,10-11,14,16-17H2,(H,28,35)(H,29,31,34). The molecule has 4 rings (SSSR count). The molecule has 9 nitrogen and oxygen atoms in total. The second-order valence-corrected chi connectivity index (χ2v) is 9.26. The predicted octanol–water partition coefficient (Wildman–Crippen LogP) is 3.44. The Labute approximate surface area is 213 Å². The maximum atomic E-state index is 12.3. The lowest BCUT2D eigenvalue weighted by Gasteiger charge is -2.05. The van der Waals surface area contributed by atoms with Crippen LogP contribution in [0.4, 0.5) is 5.82 Å². The van der Waals surface area contributed by atoms with Gasteiger partial charge in [0.05, 0.1) is 12.1 Å². The number of carbonyl (C=O) groups excluding carboxylic acids is 2. The van der Waals surface area contributed by atoms with Gasteiger partial charge >= 0.3 is 0 Å². The lowest BCUT2D eigenvalue weighted by atomic mass is 10.1. The highest BCUT2D eigenvalue weighted by Gasteiger charge is 2.12. The summed E-state index contributed by atoms with van der Waals surface area (Å²) < 4.78 is 0.